The highest BCUT2D eigenvalue weighted by Gasteiger charge is 2.12. The van der Waals surface area contributed by atoms with Gasteiger partial charge in [0.1, 0.15) is 0 Å². The third-order valence-electron chi connectivity index (χ3n) is 2.17. The highest BCUT2D eigenvalue weighted by molar-refractivity contribution is 9.10. The van der Waals surface area contributed by atoms with E-state index in [1.54, 1.807) is 18.3 Å². The molecule has 1 heterocycles. The number of rotatable bonds is 2. The summed E-state index contributed by atoms with van der Waals surface area (Å²) in [5.74, 6) is -0.954. The van der Waals surface area contributed by atoms with Gasteiger partial charge in [0.05, 0.1) is 11.3 Å². The van der Waals surface area contributed by atoms with Crippen LogP contribution in [0.5, 0.6) is 0 Å². The first kappa shape index (κ1) is 10.8. The van der Waals surface area contributed by atoms with Crippen LogP contribution in [-0.2, 0) is 0 Å². The first-order valence-corrected chi connectivity index (χ1v) is 5.42. The van der Waals surface area contributed by atoms with E-state index in [4.69, 9.17) is 5.11 Å². The van der Waals surface area contributed by atoms with Crippen LogP contribution in [0.15, 0.2) is 47.1 Å². The lowest BCUT2D eigenvalue weighted by molar-refractivity contribution is 0.0696. The molecule has 16 heavy (non-hydrogen) atoms. The number of halogens is 1. The van der Waals surface area contributed by atoms with Crippen LogP contribution in [0, 0.1) is 0 Å². The molecule has 2 rings (SSSR count). The fourth-order valence-corrected chi connectivity index (χ4v) is 2.05. The quantitative estimate of drug-likeness (QED) is 0.917. The number of pyridine rings is 1. The third kappa shape index (κ3) is 1.97. The smallest absolute Gasteiger partial charge is 0.336 e. The molecule has 3 nitrogen and oxygen atoms in total. The summed E-state index contributed by atoms with van der Waals surface area (Å²) in [5.41, 5.74) is 1.76. The predicted molar refractivity (Wildman–Crippen MR) is 64.3 cm³/mol. The Morgan fingerprint density at radius 2 is 2.00 bits per heavy atom. The highest BCUT2D eigenvalue weighted by Crippen LogP contribution is 2.29. The molecule has 0 unspecified atom stereocenters. The van der Waals surface area contributed by atoms with E-state index in [0.29, 0.717) is 4.47 Å². The molecule has 80 valence electrons. The number of hydrogen-bond donors (Lipinski definition) is 1. The zero-order valence-electron chi connectivity index (χ0n) is 8.22. The lowest BCUT2D eigenvalue weighted by Gasteiger charge is -2.06. The van der Waals surface area contributed by atoms with Crippen LogP contribution in [0.1, 0.15) is 10.4 Å². The number of carboxylic acids is 1. The molecular formula is C12H8BrNO2. The minimum atomic E-state index is -0.954. The number of hydrogen-bond acceptors (Lipinski definition) is 2. The molecule has 4 heteroatoms. The van der Waals surface area contributed by atoms with E-state index in [2.05, 4.69) is 20.9 Å². The lowest BCUT2D eigenvalue weighted by atomic mass is 10.1. The Morgan fingerprint density at radius 3 is 2.62 bits per heavy atom. The molecule has 0 aliphatic rings. The first-order valence-electron chi connectivity index (χ1n) is 4.63. The average molecular weight is 278 g/mol. The number of carbonyl (C=O) groups is 1. The van der Waals surface area contributed by atoms with Gasteiger partial charge in [-0.05, 0) is 34.1 Å². The Bertz CT molecular complexity index is 526. The summed E-state index contributed by atoms with van der Waals surface area (Å²) in [6.07, 6.45) is 1.68. The molecular weight excluding hydrogens is 270 g/mol. The number of aromatic nitrogens is 1. The molecule has 0 aliphatic heterocycles. The fourth-order valence-electron chi connectivity index (χ4n) is 1.42. The van der Waals surface area contributed by atoms with Crippen molar-refractivity contribution in [1.29, 1.82) is 0 Å². The standard InChI is InChI=1S/C12H8BrNO2/c13-11-8(10-6-1-2-7-14-10)4-3-5-9(11)12(15)16/h1-7H,(H,15,16). The third-order valence-corrected chi connectivity index (χ3v) is 3.02. The highest BCUT2D eigenvalue weighted by atomic mass is 79.9. The van der Waals surface area contributed by atoms with Crippen LogP contribution < -0.4 is 0 Å². The van der Waals surface area contributed by atoms with Gasteiger partial charge in [0.2, 0.25) is 0 Å². The Kier molecular flexibility index (Phi) is 3.01. The molecule has 0 atom stereocenters. The minimum absolute atomic E-state index is 0.239. The van der Waals surface area contributed by atoms with E-state index < -0.39 is 5.97 Å². The zero-order valence-corrected chi connectivity index (χ0v) is 9.81. The summed E-state index contributed by atoms with van der Waals surface area (Å²) in [5, 5.41) is 8.99. The SMILES string of the molecule is O=C(O)c1cccc(-c2ccccn2)c1Br. The maximum absolute atomic E-state index is 11.0. The summed E-state index contributed by atoms with van der Waals surface area (Å²) in [7, 11) is 0. The largest absolute Gasteiger partial charge is 0.478 e. The van der Waals surface area contributed by atoms with Crippen molar-refractivity contribution >= 4 is 21.9 Å². The van der Waals surface area contributed by atoms with E-state index in [-0.39, 0.29) is 5.56 Å². The van der Waals surface area contributed by atoms with E-state index in [1.807, 2.05) is 24.3 Å². The molecule has 0 bridgehead atoms. The number of benzene rings is 1. The second kappa shape index (κ2) is 4.45. The van der Waals surface area contributed by atoms with Crippen molar-refractivity contribution in [3.63, 3.8) is 0 Å². The Hall–Kier alpha value is -1.68. The van der Waals surface area contributed by atoms with Crippen molar-refractivity contribution in [2.75, 3.05) is 0 Å². The molecule has 0 fully saturated rings. The van der Waals surface area contributed by atoms with Crippen molar-refractivity contribution in [1.82, 2.24) is 4.98 Å². The van der Waals surface area contributed by atoms with Crippen molar-refractivity contribution in [2.24, 2.45) is 0 Å². The summed E-state index contributed by atoms with van der Waals surface area (Å²) in [6.45, 7) is 0. The molecule has 0 aliphatic carbocycles. The number of carboxylic acid groups (broad SMARTS) is 1. The van der Waals surface area contributed by atoms with Gasteiger partial charge in [-0.25, -0.2) is 4.79 Å². The van der Waals surface area contributed by atoms with E-state index in [9.17, 15) is 4.79 Å². The van der Waals surface area contributed by atoms with Crippen LogP contribution in [0.2, 0.25) is 0 Å². The van der Waals surface area contributed by atoms with Gasteiger partial charge in [-0.15, -0.1) is 0 Å². The molecule has 0 radical (unpaired) electrons. The van der Waals surface area contributed by atoms with Crippen LogP contribution >= 0.6 is 15.9 Å². The van der Waals surface area contributed by atoms with Gasteiger partial charge in [-0.1, -0.05) is 18.2 Å². The zero-order chi connectivity index (χ0) is 11.5. The summed E-state index contributed by atoms with van der Waals surface area (Å²) < 4.78 is 0.557. The van der Waals surface area contributed by atoms with E-state index in [0.717, 1.165) is 11.3 Å². The monoisotopic (exact) mass is 277 g/mol. The molecule has 1 N–H and O–H groups in total. The normalized spacial score (nSPS) is 10.1. The van der Waals surface area contributed by atoms with Crippen LogP contribution in [-0.4, -0.2) is 16.1 Å². The first-order chi connectivity index (χ1) is 7.70. The molecule has 1 aromatic carbocycles. The van der Waals surface area contributed by atoms with Crippen molar-refractivity contribution in [3.8, 4) is 11.3 Å². The van der Waals surface area contributed by atoms with Crippen molar-refractivity contribution in [3.05, 3.63) is 52.6 Å². The van der Waals surface area contributed by atoms with Gasteiger partial charge >= 0.3 is 5.97 Å². The lowest BCUT2D eigenvalue weighted by Crippen LogP contribution is -1.98. The molecule has 0 amide bonds. The van der Waals surface area contributed by atoms with Gasteiger partial charge in [-0.2, -0.15) is 0 Å². The van der Waals surface area contributed by atoms with Gasteiger partial charge < -0.3 is 5.11 Å². The maximum atomic E-state index is 11.0. The van der Waals surface area contributed by atoms with Crippen molar-refractivity contribution in [2.45, 2.75) is 0 Å². The molecule has 0 spiro atoms. The topological polar surface area (TPSA) is 50.2 Å². The summed E-state index contributed by atoms with van der Waals surface area (Å²) >= 11 is 3.30. The predicted octanol–water partition coefficient (Wildman–Crippen LogP) is 3.21. The van der Waals surface area contributed by atoms with Gasteiger partial charge in [-0.3, -0.25) is 4.98 Å². The average Bonchev–Trinajstić information content (AvgIpc) is 2.30. The van der Waals surface area contributed by atoms with Crippen LogP contribution in [0.25, 0.3) is 11.3 Å². The number of aromatic carboxylic acids is 1. The maximum Gasteiger partial charge on any atom is 0.336 e. The van der Waals surface area contributed by atoms with E-state index in [1.165, 1.54) is 0 Å². The van der Waals surface area contributed by atoms with Gasteiger partial charge in [0, 0.05) is 16.2 Å². The minimum Gasteiger partial charge on any atom is -0.478 e. The summed E-state index contributed by atoms with van der Waals surface area (Å²) in [6, 6.07) is 10.6. The Morgan fingerprint density at radius 1 is 1.19 bits per heavy atom. The number of nitrogens with zero attached hydrogens (tertiary/aromatic N) is 1. The molecule has 1 aromatic heterocycles. The van der Waals surface area contributed by atoms with Gasteiger partial charge in [0.15, 0.2) is 0 Å². The second-order valence-corrected chi connectivity index (χ2v) is 3.98. The second-order valence-electron chi connectivity index (χ2n) is 3.19. The summed E-state index contributed by atoms with van der Waals surface area (Å²) in [4.78, 5) is 15.1. The Balaban J connectivity index is 2.59. The van der Waals surface area contributed by atoms with E-state index >= 15 is 0 Å². The van der Waals surface area contributed by atoms with Crippen molar-refractivity contribution < 1.29 is 9.90 Å². The van der Waals surface area contributed by atoms with Crippen LogP contribution in [0.3, 0.4) is 0 Å². The van der Waals surface area contributed by atoms with Crippen LogP contribution in [0.4, 0.5) is 0 Å². The molecule has 0 saturated carbocycles. The van der Waals surface area contributed by atoms with Gasteiger partial charge in [0.25, 0.3) is 0 Å². The molecule has 0 saturated heterocycles. The Labute approximate surface area is 101 Å². The molecule has 2 aromatic rings. The fraction of sp³-hybridized carbons (Fsp3) is 0.